The van der Waals surface area contributed by atoms with Crippen LogP contribution >= 0.6 is 0 Å². The number of hydrogen-bond donors (Lipinski definition) is 4. The highest BCUT2D eigenvalue weighted by Gasteiger charge is 2.17. The van der Waals surface area contributed by atoms with Gasteiger partial charge in [0.1, 0.15) is 5.75 Å². The zero-order chi connectivity index (χ0) is 26.2. The van der Waals surface area contributed by atoms with Crippen LogP contribution in [-0.4, -0.2) is 67.8 Å². The van der Waals surface area contributed by atoms with Crippen LogP contribution in [-0.2, 0) is 4.79 Å². The van der Waals surface area contributed by atoms with Gasteiger partial charge in [0.15, 0.2) is 0 Å². The lowest BCUT2D eigenvalue weighted by molar-refractivity contribution is -0.111. The molecule has 3 rings (SSSR count). The van der Waals surface area contributed by atoms with Crippen LogP contribution in [0.2, 0.25) is 0 Å². The quantitative estimate of drug-likeness (QED) is 0.184. The predicted octanol–water partition coefficient (Wildman–Crippen LogP) is 3.35. The molecule has 0 spiro atoms. The first kappa shape index (κ1) is 26.2. The van der Waals surface area contributed by atoms with Gasteiger partial charge in [0.2, 0.25) is 11.9 Å². The van der Waals surface area contributed by atoms with E-state index in [2.05, 4.69) is 32.1 Å². The van der Waals surface area contributed by atoms with E-state index in [0.717, 1.165) is 18.8 Å². The minimum Gasteiger partial charge on any atom is -0.494 e. The first-order chi connectivity index (χ1) is 17.2. The molecule has 0 atom stereocenters. The molecule has 2 aromatic carbocycles. The zero-order valence-corrected chi connectivity index (χ0v) is 21.0. The first-order valence-electron chi connectivity index (χ1n) is 11.3. The molecule has 0 aliphatic rings. The standard InChI is InChI=1S/C26H32N8O2/c1-6-24(35)30-20-15-21(23(36-5)16-22(20)34(4)14-13-33(2)3)32-26-29-12-11-19(31-26)25(28)17-9-7-8-10-18(17)27/h6-12,15-16,28H,1,13-14,27H2,2-5H3,(H,30,35)(H,29,31,32). The van der Waals surface area contributed by atoms with Gasteiger partial charge < -0.3 is 30.9 Å². The number of nitrogens with one attached hydrogen (secondary N) is 3. The maximum Gasteiger partial charge on any atom is 0.247 e. The molecule has 10 nitrogen and oxygen atoms in total. The molecule has 0 saturated carbocycles. The lowest BCUT2D eigenvalue weighted by Crippen LogP contribution is -2.29. The van der Waals surface area contributed by atoms with Gasteiger partial charge in [-0.15, -0.1) is 0 Å². The molecule has 1 heterocycles. The fraction of sp³-hybridized carbons (Fsp3) is 0.231. The van der Waals surface area contributed by atoms with Crippen LogP contribution in [0.25, 0.3) is 0 Å². The fourth-order valence-corrected chi connectivity index (χ4v) is 3.45. The predicted molar refractivity (Wildman–Crippen MR) is 146 cm³/mol. The number of rotatable bonds is 11. The summed E-state index contributed by atoms with van der Waals surface area (Å²) in [6.45, 7) is 5.11. The normalized spacial score (nSPS) is 10.6. The summed E-state index contributed by atoms with van der Waals surface area (Å²) in [5, 5.41) is 14.6. The Hall–Kier alpha value is -4.44. The van der Waals surface area contributed by atoms with Gasteiger partial charge in [-0.2, -0.15) is 0 Å². The van der Waals surface area contributed by atoms with Gasteiger partial charge in [-0.3, -0.25) is 10.2 Å². The van der Waals surface area contributed by atoms with E-state index in [1.165, 1.54) is 6.08 Å². The highest BCUT2D eigenvalue weighted by atomic mass is 16.5. The molecule has 0 fully saturated rings. The second-order valence-corrected chi connectivity index (χ2v) is 8.34. The van der Waals surface area contributed by atoms with Crippen LogP contribution in [0.5, 0.6) is 5.75 Å². The molecule has 5 N–H and O–H groups in total. The first-order valence-corrected chi connectivity index (χ1v) is 11.3. The average molecular weight is 489 g/mol. The van der Waals surface area contributed by atoms with Crippen molar-refractivity contribution in [3.05, 3.63) is 72.6 Å². The highest BCUT2D eigenvalue weighted by Crippen LogP contribution is 2.37. The maximum absolute atomic E-state index is 12.2. The van der Waals surface area contributed by atoms with E-state index in [0.29, 0.717) is 34.1 Å². The van der Waals surface area contributed by atoms with Gasteiger partial charge in [0, 0.05) is 43.7 Å². The van der Waals surface area contributed by atoms with Gasteiger partial charge in [-0.1, -0.05) is 24.8 Å². The van der Waals surface area contributed by atoms with E-state index in [-0.39, 0.29) is 17.6 Å². The molecule has 1 aromatic heterocycles. The highest BCUT2D eigenvalue weighted by molar-refractivity contribution is 6.12. The van der Waals surface area contributed by atoms with Gasteiger partial charge >= 0.3 is 0 Å². The number of para-hydroxylation sites is 1. The number of carbonyl (C=O) groups excluding carboxylic acids is 1. The van der Waals surface area contributed by atoms with Gasteiger partial charge in [-0.05, 0) is 38.4 Å². The summed E-state index contributed by atoms with van der Waals surface area (Å²) >= 11 is 0. The summed E-state index contributed by atoms with van der Waals surface area (Å²) < 4.78 is 5.64. The molecule has 0 aliphatic carbocycles. The maximum atomic E-state index is 12.2. The summed E-state index contributed by atoms with van der Waals surface area (Å²) in [5.41, 5.74) is 9.61. The lowest BCUT2D eigenvalue weighted by Gasteiger charge is -2.26. The average Bonchev–Trinajstić information content (AvgIpc) is 2.87. The summed E-state index contributed by atoms with van der Waals surface area (Å²) in [7, 11) is 7.52. The molecule has 3 aromatic rings. The van der Waals surface area contributed by atoms with Crippen LogP contribution in [0.15, 0.2) is 61.3 Å². The molecule has 0 unspecified atom stereocenters. The minimum atomic E-state index is -0.333. The number of nitrogens with zero attached hydrogens (tertiary/aromatic N) is 4. The fourth-order valence-electron chi connectivity index (χ4n) is 3.45. The topological polar surface area (TPSA) is 132 Å². The largest absolute Gasteiger partial charge is 0.494 e. The lowest BCUT2D eigenvalue weighted by atomic mass is 10.1. The van der Waals surface area contributed by atoms with Crippen molar-refractivity contribution < 1.29 is 9.53 Å². The number of nitrogen functional groups attached to an aromatic ring is 1. The van der Waals surface area contributed by atoms with Crippen molar-refractivity contribution in [1.29, 1.82) is 5.41 Å². The van der Waals surface area contributed by atoms with Crippen molar-refractivity contribution in [2.45, 2.75) is 0 Å². The van der Waals surface area contributed by atoms with E-state index in [1.807, 2.05) is 44.2 Å². The van der Waals surface area contributed by atoms with Crippen LogP contribution in [0.1, 0.15) is 11.3 Å². The number of ether oxygens (including phenoxy) is 1. The third-order valence-electron chi connectivity index (χ3n) is 5.44. The number of carbonyl (C=O) groups is 1. The van der Waals surface area contributed by atoms with Crippen molar-refractivity contribution >= 4 is 40.3 Å². The molecule has 0 radical (unpaired) electrons. The van der Waals surface area contributed by atoms with Gasteiger partial charge in [-0.25, -0.2) is 9.97 Å². The molecular formula is C26H32N8O2. The summed E-state index contributed by atoms with van der Waals surface area (Å²) in [6.07, 6.45) is 2.78. The van der Waals surface area contributed by atoms with Crippen molar-refractivity contribution in [2.75, 3.05) is 62.6 Å². The zero-order valence-electron chi connectivity index (χ0n) is 21.0. The molecule has 1 amide bonds. The summed E-state index contributed by atoms with van der Waals surface area (Å²) in [4.78, 5) is 25.1. The number of methoxy groups -OCH3 is 1. The SMILES string of the molecule is C=CC(=O)Nc1cc(Nc2nccc(C(=N)c3ccccc3N)n2)c(OC)cc1N(C)CCN(C)C. The third kappa shape index (κ3) is 6.36. The summed E-state index contributed by atoms with van der Waals surface area (Å²) in [5.74, 6) is 0.468. The number of aromatic nitrogens is 2. The number of likely N-dealkylation sites (N-methyl/N-ethyl adjacent to an activating group) is 2. The van der Waals surface area contributed by atoms with Crippen LogP contribution in [0.3, 0.4) is 0 Å². The van der Waals surface area contributed by atoms with Gasteiger partial charge in [0.25, 0.3) is 0 Å². The molecule has 0 saturated heterocycles. The molecular weight excluding hydrogens is 456 g/mol. The Balaban J connectivity index is 1.96. The van der Waals surface area contributed by atoms with Crippen LogP contribution < -0.4 is 26.0 Å². The molecule has 0 bridgehead atoms. The molecule has 36 heavy (non-hydrogen) atoms. The second kappa shape index (κ2) is 11.8. The number of nitrogens with two attached hydrogens (primary N) is 1. The molecule has 0 aliphatic heterocycles. The molecule has 10 heteroatoms. The number of benzene rings is 2. The Labute approximate surface area is 211 Å². The van der Waals surface area contributed by atoms with Gasteiger partial charge in [0.05, 0.1) is 35.6 Å². The Bertz CT molecular complexity index is 1260. The smallest absolute Gasteiger partial charge is 0.247 e. The Morgan fingerprint density at radius 3 is 2.58 bits per heavy atom. The molecule has 188 valence electrons. The second-order valence-electron chi connectivity index (χ2n) is 8.34. The van der Waals surface area contributed by atoms with E-state index < -0.39 is 0 Å². The Morgan fingerprint density at radius 1 is 1.17 bits per heavy atom. The third-order valence-corrected chi connectivity index (χ3v) is 5.44. The Kier molecular flexibility index (Phi) is 8.58. The van der Waals surface area contributed by atoms with E-state index >= 15 is 0 Å². The van der Waals surface area contributed by atoms with Crippen LogP contribution in [0.4, 0.5) is 28.7 Å². The summed E-state index contributed by atoms with van der Waals surface area (Å²) in [6, 6.07) is 12.4. The van der Waals surface area contributed by atoms with Crippen molar-refractivity contribution in [3.63, 3.8) is 0 Å². The van der Waals surface area contributed by atoms with Crippen molar-refractivity contribution in [3.8, 4) is 5.75 Å². The van der Waals surface area contributed by atoms with E-state index in [1.54, 1.807) is 37.6 Å². The number of hydrogen-bond acceptors (Lipinski definition) is 9. The monoisotopic (exact) mass is 488 g/mol. The van der Waals surface area contributed by atoms with Crippen molar-refractivity contribution in [2.24, 2.45) is 0 Å². The van der Waals surface area contributed by atoms with E-state index in [9.17, 15) is 4.79 Å². The minimum absolute atomic E-state index is 0.183. The Morgan fingerprint density at radius 2 is 1.92 bits per heavy atom. The van der Waals surface area contributed by atoms with Crippen LogP contribution in [0, 0.1) is 5.41 Å². The van der Waals surface area contributed by atoms with Crippen molar-refractivity contribution in [1.82, 2.24) is 14.9 Å². The number of anilines is 5. The van der Waals surface area contributed by atoms with E-state index in [4.69, 9.17) is 15.9 Å². The number of amides is 1.